The van der Waals surface area contributed by atoms with Gasteiger partial charge in [0.25, 0.3) is 0 Å². The summed E-state index contributed by atoms with van der Waals surface area (Å²) in [6.45, 7) is 9.34. The molecule has 3 aliphatic rings. The Labute approximate surface area is 103 Å². The fraction of sp³-hybridized carbons (Fsp3) is 0.667. The third-order valence-electron chi connectivity index (χ3n) is 5.19. The van der Waals surface area contributed by atoms with Crippen LogP contribution in [0.4, 0.5) is 0 Å². The first kappa shape index (κ1) is 11.1. The van der Waals surface area contributed by atoms with Crippen molar-refractivity contribution in [2.24, 2.45) is 17.3 Å². The molecule has 1 fully saturated rings. The SMILES string of the molecule is C=C1[C@@H](C)CC[C@]2(C)C3=C(CC[C@@H]12)COC3=O. The van der Waals surface area contributed by atoms with Gasteiger partial charge >= 0.3 is 5.97 Å². The molecule has 3 atom stereocenters. The highest BCUT2D eigenvalue weighted by Gasteiger charge is 2.51. The molecule has 0 radical (unpaired) electrons. The van der Waals surface area contributed by atoms with E-state index in [0.717, 1.165) is 31.3 Å². The molecule has 0 N–H and O–H groups in total. The van der Waals surface area contributed by atoms with Crippen molar-refractivity contribution in [3.05, 3.63) is 23.3 Å². The van der Waals surface area contributed by atoms with Crippen LogP contribution in [-0.4, -0.2) is 12.6 Å². The Balaban J connectivity index is 2.06. The van der Waals surface area contributed by atoms with E-state index in [9.17, 15) is 4.79 Å². The van der Waals surface area contributed by atoms with Gasteiger partial charge in [-0.2, -0.15) is 0 Å². The lowest BCUT2D eigenvalue weighted by Crippen LogP contribution is -2.41. The third-order valence-corrected chi connectivity index (χ3v) is 5.19. The molecule has 0 aromatic carbocycles. The predicted molar refractivity (Wildman–Crippen MR) is 66.4 cm³/mol. The second kappa shape index (κ2) is 3.47. The number of hydrogen-bond donors (Lipinski definition) is 0. The second-order valence-corrected chi connectivity index (χ2v) is 6.08. The maximum absolute atomic E-state index is 11.9. The summed E-state index contributed by atoms with van der Waals surface area (Å²) < 4.78 is 5.23. The van der Waals surface area contributed by atoms with Gasteiger partial charge in [0.15, 0.2) is 0 Å². The lowest BCUT2D eigenvalue weighted by Gasteiger charge is -2.48. The van der Waals surface area contributed by atoms with Crippen molar-refractivity contribution in [2.45, 2.75) is 39.5 Å². The standard InChI is InChI=1S/C15H20O2/c1-9-6-7-15(3)12(10(9)2)5-4-11-8-17-14(16)13(11)15/h9,12H,2,4-8H2,1,3H3/t9-,12-,15-/m0/s1. The minimum Gasteiger partial charge on any atom is -0.458 e. The van der Waals surface area contributed by atoms with Crippen LogP contribution >= 0.6 is 0 Å². The monoisotopic (exact) mass is 232 g/mol. The molecular formula is C15H20O2. The number of ether oxygens (including phenoxy) is 1. The molecule has 92 valence electrons. The Hall–Kier alpha value is -1.05. The first-order valence-electron chi connectivity index (χ1n) is 6.62. The molecule has 2 aliphatic carbocycles. The number of fused-ring (bicyclic) bond motifs is 2. The largest absolute Gasteiger partial charge is 0.458 e. The second-order valence-electron chi connectivity index (χ2n) is 6.08. The Bertz CT molecular complexity index is 432. The molecule has 3 rings (SSSR count). The smallest absolute Gasteiger partial charge is 0.334 e. The number of cyclic esters (lactones) is 1. The summed E-state index contributed by atoms with van der Waals surface area (Å²) in [4.78, 5) is 11.9. The highest BCUT2D eigenvalue weighted by molar-refractivity contribution is 5.93. The van der Waals surface area contributed by atoms with E-state index in [-0.39, 0.29) is 11.4 Å². The van der Waals surface area contributed by atoms with E-state index in [2.05, 4.69) is 20.4 Å². The summed E-state index contributed by atoms with van der Waals surface area (Å²) in [5.41, 5.74) is 3.62. The number of allylic oxidation sites excluding steroid dienone is 1. The maximum Gasteiger partial charge on any atom is 0.334 e. The first-order chi connectivity index (χ1) is 8.04. The topological polar surface area (TPSA) is 26.3 Å². The van der Waals surface area contributed by atoms with Gasteiger partial charge in [0, 0.05) is 11.0 Å². The zero-order chi connectivity index (χ0) is 12.2. The van der Waals surface area contributed by atoms with Crippen LogP contribution in [0, 0.1) is 17.3 Å². The molecule has 0 bridgehead atoms. The van der Waals surface area contributed by atoms with E-state index >= 15 is 0 Å². The summed E-state index contributed by atoms with van der Waals surface area (Å²) in [6.07, 6.45) is 4.42. The average molecular weight is 232 g/mol. The molecule has 1 heterocycles. The fourth-order valence-electron chi connectivity index (χ4n) is 4.03. The van der Waals surface area contributed by atoms with Gasteiger partial charge in [-0.1, -0.05) is 26.0 Å². The van der Waals surface area contributed by atoms with Crippen LogP contribution in [0.5, 0.6) is 0 Å². The van der Waals surface area contributed by atoms with Crippen LogP contribution in [0.2, 0.25) is 0 Å². The maximum atomic E-state index is 11.9. The molecule has 0 spiro atoms. The minimum atomic E-state index is -0.0606. The van der Waals surface area contributed by atoms with Gasteiger partial charge in [-0.25, -0.2) is 4.79 Å². The number of carbonyl (C=O) groups is 1. The normalized spacial score (nSPS) is 41.1. The van der Waals surface area contributed by atoms with Gasteiger partial charge in [-0.3, -0.25) is 0 Å². The van der Waals surface area contributed by atoms with Crippen molar-refractivity contribution in [1.82, 2.24) is 0 Å². The molecule has 0 saturated heterocycles. The van der Waals surface area contributed by atoms with E-state index in [4.69, 9.17) is 4.74 Å². The predicted octanol–water partition coefficient (Wildman–Crippen LogP) is 3.24. The van der Waals surface area contributed by atoms with E-state index < -0.39 is 0 Å². The molecule has 1 aliphatic heterocycles. The van der Waals surface area contributed by atoms with E-state index in [1.807, 2.05) is 0 Å². The lowest BCUT2D eigenvalue weighted by atomic mass is 9.55. The van der Waals surface area contributed by atoms with Crippen LogP contribution in [0.3, 0.4) is 0 Å². The van der Waals surface area contributed by atoms with Gasteiger partial charge in [-0.15, -0.1) is 0 Å². The fourth-order valence-corrected chi connectivity index (χ4v) is 4.03. The number of rotatable bonds is 0. The highest BCUT2D eigenvalue weighted by atomic mass is 16.5. The van der Waals surface area contributed by atoms with E-state index in [1.165, 1.54) is 11.1 Å². The quantitative estimate of drug-likeness (QED) is 0.473. The van der Waals surface area contributed by atoms with Crippen molar-refractivity contribution in [3.63, 3.8) is 0 Å². The molecule has 2 heteroatoms. The molecule has 17 heavy (non-hydrogen) atoms. The summed E-state index contributed by atoms with van der Waals surface area (Å²) in [5, 5.41) is 0. The van der Waals surface area contributed by atoms with E-state index in [1.54, 1.807) is 0 Å². The molecule has 0 amide bonds. The summed E-state index contributed by atoms with van der Waals surface area (Å²) in [6, 6.07) is 0. The van der Waals surface area contributed by atoms with Crippen LogP contribution in [-0.2, 0) is 9.53 Å². The molecular weight excluding hydrogens is 212 g/mol. The molecule has 0 aromatic rings. The Kier molecular flexibility index (Phi) is 2.26. The van der Waals surface area contributed by atoms with Gasteiger partial charge < -0.3 is 4.74 Å². The van der Waals surface area contributed by atoms with Crippen LogP contribution in [0.1, 0.15) is 39.5 Å². The summed E-state index contributed by atoms with van der Waals surface area (Å²) in [7, 11) is 0. The molecule has 2 nitrogen and oxygen atoms in total. The molecule has 1 saturated carbocycles. The van der Waals surface area contributed by atoms with Gasteiger partial charge in [0.1, 0.15) is 6.61 Å². The summed E-state index contributed by atoms with van der Waals surface area (Å²) >= 11 is 0. The Morgan fingerprint density at radius 1 is 1.41 bits per heavy atom. The van der Waals surface area contributed by atoms with Crippen LogP contribution in [0.15, 0.2) is 23.3 Å². The average Bonchev–Trinajstić information content (AvgIpc) is 2.68. The van der Waals surface area contributed by atoms with Crippen molar-refractivity contribution >= 4 is 5.97 Å². The van der Waals surface area contributed by atoms with Crippen molar-refractivity contribution < 1.29 is 9.53 Å². The van der Waals surface area contributed by atoms with Crippen molar-refractivity contribution in [3.8, 4) is 0 Å². The highest BCUT2D eigenvalue weighted by Crippen LogP contribution is 2.57. The zero-order valence-corrected chi connectivity index (χ0v) is 10.7. The zero-order valence-electron chi connectivity index (χ0n) is 10.7. The summed E-state index contributed by atoms with van der Waals surface area (Å²) in [5.74, 6) is 1.03. The number of hydrogen-bond acceptors (Lipinski definition) is 2. The number of carbonyl (C=O) groups excluding carboxylic acids is 1. The minimum absolute atomic E-state index is 0.00472. The van der Waals surface area contributed by atoms with Gasteiger partial charge in [0.05, 0.1) is 0 Å². The van der Waals surface area contributed by atoms with Crippen LogP contribution < -0.4 is 0 Å². The first-order valence-corrected chi connectivity index (χ1v) is 6.62. The lowest BCUT2D eigenvalue weighted by molar-refractivity contribution is -0.137. The van der Waals surface area contributed by atoms with Crippen LogP contribution in [0.25, 0.3) is 0 Å². The Morgan fingerprint density at radius 3 is 2.94 bits per heavy atom. The van der Waals surface area contributed by atoms with Crippen molar-refractivity contribution in [2.75, 3.05) is 6.61 Å². The van der Waals surface area contributed by atoms with Gasteiger partial charge in [0.2, 0.25) is 0 Å². The van der Waals surface area contributed by atoms with Gasteiger partial charge in [-0.05, 0) is 43.1 Å². The molecule has 0 aromatic heterocycles. The Morgan fingerprint density at radius 2 is 2.18 bits per heavy atom. The molecule has 0 unspecified atom stereocenters. The third kappa shape index (κ3) is 1.36. The van der Waals surface area contributed by atoms with Crippen molar-refractivity contribution in [1.29, 1.82) is 0 Å². The number of esters is 1. The van der Waals surface area contributed by atoms with E-state index in [0.29, 0.717) is 18.4 Å².